The zero-order chi connectivity index (χ0) is 19.9. The van der Waals surface area contributed by atoms with Gasteiger partial charge in [0.15, 0.2) is 0 Å². The van der Waals surface area contributed by atoms with E-state index >= 15 is 0 Å². The van der Waals surface area contributed by atoms with Crippen LogP contribution >= 0.6 is 0 Å². The first-order valence-electron chi connectivity index (χ1n) is 9.04. The molecule has 28 heavy (non-hydrogen) atoms. The third-order valence-corrected chi connectivity index (χ3v) is 4.50. The number of anilines is 1. The predicted molar refractivity (Wildman–Crippen MR) is 103 cm³/mol. The Balaban J connectivity index is 1.71. The Kier molecular flexibility index (Phi) is 6.73. The van der Waals surface area contributed by atoms with Gasteiger partial charge in [-0.15, -0.1) is 0 Å². The van der Waals surface area contributed by atoms with Gasteiger partial charge in [0, 0.05) is 19.2 Å². The molecule has 2 N–H and O–H groups in total. The molecule has 1 heterocycles. The summed E-state index contributed by atoms with van der Waals surface area (Å²) >= 11 is 0. The van der Waals surface area contributed by atoms with E-state index in [4.69, 9.17) is 4.74 Å². The lowest BCUT2D eigenvalue weighted by Crippen LogP contribution is -2.37. The highest BCUT2D eigenvalue weighted by Gasteiger charge is 2.19. The number of nitrogens with one attached hydrogen (secondary N) is 1. The molecule has 1 atom stereocenters. The molecule has 1 saturated heterocycles. The molecule has 7 heteroatoms. The molecule has 0 spiro atoms. The second-order valence-corrected chi connectivity index (χ2v) is 6.44. The summed E-state index contributed by atoms with van der Waals surface area (Å²) in [6.07, 6.45) is 2.75. The average molecular weight is 388 g/mol. The van der Waals surface area contributed by atoms with Crippen molar-refractivity contribution in [3.05, 3.63) is 71.3 Å². The average Bonchev–Trinajstić information content (AvgIpc) is 2.72. The summed E-state index contributed by atoms with van der Waals surface area (Å²) in [5, 5.41) is 12.4. The van der Waals surface area contributed by atoms with Crippen molar-refractivity contribution >= 4 is 17.7 Å². The van der Waals surface area contributed by atoms with Crippen LogP contribution in [0.25, 0.3) is 6.08 Å². The van der Waals surface area contributed by atoms with E-state index in [1.54, 1.807) is 18.2 Å². The summed E-state index contributed by atoms with van der Waals surface area (Å²) in [6.45, 7) is 1.86. The van der Waals surface area contributed by atoms with Crippen LogP contribution in [0.5, 0.6) is 0 Å². The van der Waals surface area contributed by atoms with Crippen molar-refractivity contribution in [1.29, 1.82) is 0 Å². The van der Waals surface area contributed by atoms with Crippen LogP contribution in [-0.4, -0.2) is 43.9 Å². The van der Waals surface area contributed by atoms with Gasteiger partial charge in [0.05, 0.1) is 31.5 Å². The van der Waals surface area contributed by atoms with E-state index in [2.05, 4.69) is 5.32 Å². The Labute approximate surface area is 162 Å². The second-order valence-electron chi connectivity index (χ2n) is 6.44. The highest BCUT2D eigenvalue weighted by atomic mass is 19.1. The standard InChI is InChI=1S/C21H22F2N2O3/c22-17-3-1-2-15(12-17)4-7-21(27)24-19(14-26)16-5-6-18(23)20(13-16)25-8-10-28-11-9-25/h1-7,12-13,19,26H,8-11,14H2,(H,24,27)/b7-4+. The fraction of sp³-hybridized carbons (Fsp3) is 0.286. The molecule has 5 nitrogen and oxygen atoms in total. The van der Waals surface area contributed by atoms with Gasteiger partial charge in [-0.05, 0) is 41.5 Å². The van der Waals surface area contributed by atoms with Crippen LogP contribution in [0.4, 0.5) is 14.5 Å². The smallest absolute Gasteiger partial charge is 0.244 e. The molecule has 0 aromatic heterocycles. The predicted octanol–water partition coefficient (Wildman–Crippen LogP) is 2.66. The van der Waals surface area contributed by atoms with Crippen molar-refractivity contribution in [1.82, 2.24) is 5.32 Å². The minimum absolute atomic E-state index is 0.340. The number of nitrogens with zero attached hydrogens (tertiary/aromatic N) is 1. The number of carbonyl (C=O) groups excluding carboxylic acids is 1. The Morgan fingerprint density at radius 3 is 2.71 bits per heavy atom. The van der Waals surface area contributed by atoms with Crippen molar-refractivity contribution in [2.75, 3.05) is 37.8 Å². The van der Waals surface area contributed by atoms with E-state index in [0.29, 0.717) is 43.1 Å². The van der Waals surface area contributed by atoms with Gasteiger partial charge in [0.2, 0.25) is 5.91 Å². The SMILES string of the molecule is O=C(/C=C/c1cccc(F)c1)NC(CO)c1ccc(F)c(N2CCOCC2)c1. The van der Waals surface area contributed by atoms with Crippen molar-refractivity contribution in [2.24, 2.45) is 0 Å². The molecule has 2 aromatic carbocycles. The number of morpholine rings is 1. The van der Waals surface area contributed by atoms with Crippen LogP contribution in [0, 0.1) is 11.6 Å². The van der Waals surface area contributed by atoms with E-state index < -0.39 is 17.8 Å². The number of hydrogen-bond donors (Lipinski definition) is 2. The van der Waals surface area contributed by atoms with Crippen LogP contribution in [0.1, 0.15) is 17.2 Å². The summed E-state index contributed by atoms with van der Waals surface area (Å²) < 4.78 is 32.7. The molecule has 148 valence electrons. The molecule has 1 fully saturated rings. The van der Waals surface area contributed by atoms with Gasteiger partial charge in [0.25, 0.3) is 0 Å². The maximum absolute atomic E-state index is 14.3. The maximum atomic E-state index is 14.3. The zero-order valence-corrected chi connectivity index (χ0v) is 15.3. The topological polar surface area (TPSA) is 61.8 Å². The summed E-state index contributed by atoms with van der Waals surface area (Å²) in [5.41, 5.74) is 1.56. The first kappa shape index (κ1) is 20.0. The van der Waals surface area contributed by atoms with Crippen LogP contribution in [0.3, 0.4) is 0 Å². The number of amides is 1. The Morgan fingerprint density at radius 2 is 2.00 bits per heavy atom. The number of aliphatic hydroxyl groups excluding tert-OH is 1. The lowest BCUT2D eigenvalue weighted by atomic mass is 10.1. The number of halogens is 2. The van der Waals surface area contributed by atoms with Gasteiger partial charge in [-0.1, -0.05) is 18.2 Å². The van der Waals surface area contributed by atoms with Crippen LogP contribution in [0.2, 0.25) is 0 Å². The molecule has 1 amide bonds. The van der Waals surface area contributed by atoms with Crippen molar-refractivity contribution in [2.45, 2.75) is 6.04 Å². The summed E-state index contributed by atoms with van der Waals surface area (Å²) in [6, 6.07) is 9.67. The van der Waals surface area contributed by atoms with Gasteiger partial charge < -0.3 is 20.1 Å². The quantitative estimate of drug-likeness (QED) is 0.747. The number of benzene rings is 2. The highest BCUT2D eigenvalue weighted by Crippen LogP contribution is 2.25. The molecule has 0 bridgehead atoms. The normalized spacial score (nSPS) is 15.6. The monoisotopic (exact) mass is 388 g/mol. The Morgan fingerprint density at radius 1 is 1.21 bits per heavy atom. The first-order chi connectivity index (χ1) is 13.6. The van der Waals surface area contributed by atoms with Crippen molar-refractivity contribution in [3.63, 3.8) is 0 Å². The third-order valence-electron chi connectivity index (χ3n) is 4.50. The van der Waals surface area contributed by atoms with Gasteiger partial charge in [-0.25, -0.2) is 8.78 Å². The number of aliphatic hydroxyl groups is 1. The molecule has 0 aliphatic carbocycles. The van der Waals surface area contributed by atoms with Gasteiger partial charge in [-0.3, -0.25) is 4.79 Å². The molecule has 1 aliphatic heterocycles. The fourth-order valence-corrected chi connectivity index (χ4v) is 3.03. The minimum Gasteiger partial charge on any atom is -0.394 e. The van der Waals surface area contributed by atoms with E-state index in [0.717, 1.165) is 0 Å². The summed E-state index contributed by atoms with van der Waals surface area (Å²) in [7, 11) is 0. The number of ether oxygens (including phenoxy) is 1. The van der Waals surface area contributed by atoms with Crippen molar-refractivity contribution in [3.8, 4) is 0 Å². The first-order valence-corrected chi connectivity index (χ1v) is 9.04. The Bertz CT molecular complexity index is 851. The zero-order valence-electron chi connectivity index (χ0n) is 15.3. The number of carbonyl (C=O) groups is 1. The molecule has 0 radical (unpaired) electrons. The van der Waals surface area contributed by atoms with Gasteiger partial charge in [-0.2, -0.15) is 0 Å². The number of hydrogen-bond acceptors (Lipinski definition) is 4. The van der Waals surface area contributed by atoms with Crippen LogP contribution in [-0.2, 0) is 9.53 Å². The number of rotatable bonds is 6. The second kappa shape index (κ2) is 9.43. The van der Waals surface area contributed by atoms with Gasteiger partial charge >= 0.3 is 0 Å². The summed E-state index contributed by atoms with van der Waals surface area (Å²) in [4.78, 5) is 14.1. The molecule has 1 aliphatic rings. The van der Waals surface area contributed by atoms with Crippen LogP contribution < -0.4 is 10.2 Å². The van der Waals surface area contributed by atoms with Gasteiger partial charge in [0.1, 0.15) is 11.6 Å². The molecule has 3 rings (SSSR count). The van der Waals surface area contributed by atoms with E-state index in [1.807, 2.05) is 4.90 Å². The maximum Gasteiger partial charge on any atom is 0.244 e. The van der Waals surface area contributed by atoms with E-state index in [-0.39, 0.29) is 12.4 Å². The molecular weight excluding hydrogens is 366 g/mol. The third kappa shape index (κ3) is 5.15. The van der Waals surface area contributed by atoms with Crippen molar-refractivity contribution < 1.29 is 23.4 Å². The Hall–Kier alpha value is -2.77. The van der Waals surface area contributed by atoms with Crippen LogP contribution in [0.15, 0.2) is 48.5 Å². The van der Waals surface area contributed by atoms with E-state index in [1.165, 1.54) is 36.4 Å². The molecular formula is C21H22F2N2O3. The lowest BCUT2D eigenvalue weighted by Gasteiger charge is -2.30. The highest BCUT2D eigenvalue weighted by molar-refractivity contribution is 5.92. The molecule has 2 aromatic rings. The molecule has 0 saturated carbocycles. The van der Waals surface area contributed by atoms with E-state index in [9.17, 15) is 18.7 Å². The minimum atomic E-state index is -0.690. The largest absolute Gasteiger partial charge is 0.394 e. The fourth-order valence-electron chi connectivity index (χ4n) is 3.03. The molecule has 1 unspecified atom stereocenters. The lowest BCUT2D eigenvalue weighted by molar-refractivity contribution is -0.117. The summed E-state index contributed by atoms with van der Waals surface area (Å²) in [5.74, 6) is -1.20.